The third kappa shape index (κ3) is 7.31. The van der Waals surface area contributed by atoms with Crippen molar-refractivity contribution in [3.8, 4) is 0 Å². The van der Waals surface area contributed by atoms with Gasteiger partial charge in [-0.3, -0.25) is 14.4 Å². The number of hydrogen-bond donors (Lipinski definition) is 1. The second-order valence-corrected chi connectivity index (χ2v) is 7.05. The van der Waals surface area contributed by atoms with Crippen molar-refractivity contribution >= 4 is 17.8 Å². The molecule has 0 fully saturated rings. The SMILES string of the molecule is COC(=O)C(C)CN(Cc1ccccc1)C(=O)CCCNC(=O)c1ccc(F)cc1. The fourth-order valence-corrected chi connectivity index (χ4v) is 2.97. The van der Waals surface area contributed by atoms with Crippen LogP contribution in [-0.2, 0) is 20.9 Å². The maximum atomic E-state index is 12.9. The monoisotopic (exact) mass is 414 g/mol. The molecular formula is C23H27FN2O4. The van der Waals surface area contributed by atoms with Crippen molar-refractivity contribution in [1.82, 2.24) is 10.2 Å². The molecule has 2 aromatic rings. The van der Waals surface area contributed by atoms with E-state index in [1.807, 2.05) is 30.3 Å². The van der Waals surface area contributed by atoms with Crippen LogP contribution in [0.5, 0.6) is 0 Å². The highest BCUT2D eigenvalue weighted by molar-refractivity contribution is 5.94. The van der Waals surface area contributed by atoms with Crippen LogP contribution in [0.1, 0.15) is 35.7 Å². The number of hydrogen-bond acceptors (Lipinski definition) is 4. The van der Waals surface area contributed by atoms with Crippen molar-refractivity contribution in [2.45, 2.75) is 26.3 Å². The Morgan fingerprint density at radius 3 is 2.37 bits per heavy atom. The van der Waals surface area contributed by atoms with Crippen LogP contribution >= 0.6 is 0 Å². The second-order valence-electron chi connectivity index (χ2n) is 7.05. The van der Waals surface area contributed by atoms with Crippen LogP contribution < -0.4 is 5.32 Å². The molecule has 0 radical (unpaired) electrons. The van der Waals surface area contributed by atoms with E-state index in [1.165, 1.54) is 31.4 Å². The topological polar surface area (TPSA) is 75.7 Å². The molecule has 0 aliphatic rings. The molecule has 1 N–H and O–H groups in total. The first-order valence-corrected chi connectivity index (χ1v) is 9.84. The quantitative estimate of drug-likeness (QED) is 0.479. The van der Waals surface area contributed by atoms with Crippen LogP contribution in [0.3, 0.4) is 0 Å². The molecule has 6 nitrogen and oxygen atoms in total. The van der Waals surface area contributed by atoms with Gasteiger partial charge in [-0.05, 0) is 36.2 Å². The van der Waals surface area contributed by atoms with Gasteiger partial charge in [0.2, 0.25) is 5.91 Å². The minimum absolute atomic E-state index is 0.106. The van der Waals surface area contributed by atoms with Gasteiger partial charge in [-0.15, -0.1) is 0 Å². The van der Waals surface area contributed by atoms with E-state index in [9.17, 15) is 18.8 Å². The van der Waals surface area contributed by atoms with Crippen LogP contribution in [0, 0.1) is 11.7 Å². The summed E-state index contributed by atoms with van der Waals surface area (Å²) in [5.74, 6) is -1.64. The van der Waals surface area contributed by atoms with Gasteiger partial charge in [-0.2, -0.15) is 0 Å². The highest BCUT2D eigenvalue weighted by atomic mass is 19.1. The predicted molar refractivity (Wildman–Crippen MR) is 111 cm³/mol. The van der Waals surface area contributed by atoms with Gasteiger partial charge < -0.3 is 15.0 Å². The summed E-state index contributed by atoms with van der Waals surface area (Å²) in [4.78, 5) is 38.2. The lowest BCUT2D eigenvalue weighted by atomic mass is 10.1. The number of carbonyl (C=O) groups excluding carboxylic acids is 3. The molecule has 0 saturated carbocycles. The second kappa shape index (κ2) is 11.7. The van der Waals surface area contributed by atoms with Gasteiger partial charge in [0.05, 0.1) is 13.0 Å². The minimum Gasteiger partial charge on any atom is -0.469 e. The molecule has 7 heteroatoms. The molecule has 2 amide bonds. The Bertz CT molecular complexity index is 840. The van der Waals surface area contributed by atoms with Crippen LogP contribution in [0.4, 0.5) is 4.39 Å². The summed E-state index contributed by atoms with van der Waals surface area (Å²) in [6.45, 7) is 2.68. The first-order valence-electron chi connectivity index (χ1n) is 9.84. The molecule has 0 saturated heterocycles. The van der Waals surface area contributed by atoms with E-state index < -0.39 is 11.7 Å². The van der Waals surface area contributed by atoms with Crippen molar-refractivity contribution < 1.29 is 23.5 Å². The zero-order valence-electron chi connectivity index (χ0n) is 17.3. The summed E-state index contributed by atoms with van der Waals surface area (Å²) >= 11 is 0. The third-order valence-corrected chi connectivity index (χ3v) is 4.63. The molecule has 0 bridgehead atoms. The first-order chi connectivity index (χ1) is 14.4. The molecule has 2 rings (SSSR count). The normalized spacial score (nSPS) is 11.4. The number of amides is 2. The van der Waals surface area contributed by atoms with Gasteiger partial charge >= 0.3 is 5.97 Å². The molecule has 1 atom stereocenters. The van der Waals surface area contributed by atoms with Crippen LogP contribution in [0.15, 0.2) is 54.6 Å². The number of rotatable bonds is 10. The summed E-state index contributed by atoms with van der Waals surface area (Å²) < 4.78 is 17.7. The summed E-state index contributed by atoms with van der Waals surface area (Å²) in [5.41, 5.74) is 1.33. The molecule has 160 valence electrons. The lowest BCUT2D eigenvalue weighted by Gasteiger charge is -2.25. The molecule has 2 aromatic carbocycles. The Morgan fingerprint density at radius 2 is 1.73 bits per heavy atom. The van der Waals surface area contributed by atoms with Crippen LogP contribution in [0.2, 0.25) is 0 Å². The number of halogens is 1. The number of methoxy groups -OCH3 is 1. The Kier molecular flexibility index (Phi) is 9.00. The van der Waals surface area contributed by atoms with Crippen LogP contribution in [0.25, 0.3) is 0 Å². The van der Waals surface area contributed by atoms with Crippen molar-refractivity contribution in [3.05, 3.63) is 71.5 Å². The summed E-state index contributed by atoms with van der Waals surface area (Å²) in [6.07, 6.45) is 0.675. The predicted octanol–water partition coefficient (Wildman–Crippen LogP) is 3.17. The smallest absolute Gasteiger partial charge is 0.310 e. The van der Waals surface area contributed by atoms with E-state index in [0.29, 0.717) is 25.1 Å². The molecular weight excluding hydrogens is 387 g/mol. The standard InChI is InChI=1S/C23H27FN2O4/c1-17(23(29)30-2)15-26(16-18-7-4-3-5-8-18)21(27)9-6-14-25-22(28)19-10-12-20(24)13-11-19/h3-5,7-8,10-13,17H,6,9,14-16H2,1-2H3,(H,25,28). The van der Waals surface area contributed by atoms with Gasteiger partial charge in [0.25, 0.3) is 5.91 Å². The third-order valence-electron chi connectivity index (χ3n) is 4.63. The molecule has 1 unspecified atom stereocenters. The number of esters is 1. The van der Waals surface area contributed by atoms with Crippen LogP contribution in [-0.4, -0.2) is 42.9 Å². The first kappa shape index (κ1) is 23.1. The zero-order chi connectivity index (χ0) is 21.9. The number of ether oxygens (including phenoxy) is 1. The lowest BCUT2D eigenvalue weighted by molar-refractivity contribution is -0.146. The van der Waals surface area contributed by atoms with E-state index in [-0.39, 0.29) is 30.7 Å². The number of carbonyl (C=O) groups is 3. The zero-order valence-corrected chi connectivity index (χ0v) is 17.3. The van der Waals surface area contributed by atoms with E-state index in [0.717, 1.165) is 5.56 Å². The molecule has 0 aliphatic heterocycles. The summed E-state index contributed by atoms with van der Waals surface area (Å²) in [5, 5.41) is 2.72. The molecule has 0 spiro atoms. The van der Waals surface area contributed by atoms with E-state index in [4.69, 9.17) is 4.74 Å². The van der Waals surface area contributed by atoms with Crippen molar-refractivity contribution in [2.24, 2.45) is 5.92 Å². The maximum absolute atomic E-state index is 12.9. The van der Waals surface area contributed by atoms with Gasteiger partial charge in [-0.25, -0.2) is 4.39 Å². The minimum atomic E-state index is -0.444. The number of benzene rings is 2. The fourth-order valence-electron chi connectivity index (χ4n) is 2.97. The molecule has 30 heavy (non-hydrogen) atoms. The van der Waals surface area contributed by atoms with Gasteiger partial charge in [0.1, 0.15) is 5.82 Å². The summed E-state index contributed by atoms with van der Waals surface area (Å²) in [6, 6.07) is 14.8. The average Bonchev–Trinajstić information content (AvgIpc) is 2.76. The van der Waals surface area contributed by atoms with Crippen molar-refractivity contribution in [1.29, 1.82) is 0 Å². The fraction of sp³-hybridized carbons (Fsp3) is 0.348. The number of nitrogens with zero attached hydrogens (tertiary/aromatic N) is 1. The Morgan fingerprint density at radius 1 is 1.07 bits per heavy atom. The maximum Gasteiger partial charge on any atom is 0.310 e. The molecule has 0 aliphatic carbocycles. The van der Waals surface area contributed by atoms with E-state index in [2.05, 4.69) is 5.32 Å². The van der Waals surface area contributed by atoms with Crippen molar-refractivity contribution in [2.75, 3.05) is 20.2 Å². The summed E-state index contributed by atoms with van der Waals surface area (Å²) in [7, 11) is 1.33. The molecule has 0 heterocycles. The highest BCUT2D eigenvalue weighted by Crippen LogP contribution is 2.11. The average molecular weight is 414 g/mol. The largest absolute Gasteiger partial charge is 0.469 e. The van der Waals surface area contributed by atoms with Gasteiger partial charge in [-0.1, -0.05) is 37.3 Å². The van der Waals surface area contributed by atoms with E-state index in [1.54, 1.807) is 11.8 Å². The van der Waals surface area contributed by atoms with E-state index >= 15 is 0 Å². The Labute approximate surface area is 176 Å². The van der Waals surface area contributed by atoms with Gasteiger partial charge in [0, 0.05) is 31.6 Å². The number of nitrogens with one attached hydrogen (secondary N) is 1. The lowest BCUT2D eigenvalue weighted by Crippen LogP contribution is -2.37. The highest BCUT2D eigenvalue weighted by Gasteiger charge is 2.21. The Balaban J connectivity index is 1.88. The Hall–Kier alpha value is -3.22. The molecule has 0 aromatic heterocycles. The van der Waals surface area contributed by atoms with Crippen molar-refractivity contribution in [3.63, 3.8) is 0 Å². The van der Waals surface area contributed by atoms with Gasteiger partial charge in [0.15, 0.2) is 0 Å².